The fourth-order valence-corrected chi connectivity index (χ4v) is 1.80. The second-order valence-electron chi connectivity index (χ2n) is 5.05. The summed E-state index contributed by atoms with van der Waals surface area (Å²) < 4.78 is 5.60. The van der Waals surface area contributed by atoms with Crippen LogP contribution in [0.3, 0.4) is 0 Å². The van der Waals surface area contributed by atoms with Crippen LogP contribution >= 0.6 is 0 Å². The van der Waals surface area contributed by atoms with Gasteiger partial charge in [0, 0.05) is 19.3 Å². The highest BCUT2D eigenvalue weighted by atomic mass is 16.5. The van der Waals surface area contributed by atoms with Gasteiger partial charge >= 0.3 is 0 Å². The summed E-state index contributed by atoms with van der Waals surface area (Å²) in [4.78, 5) is 0. The first kappa shape index (κ1) is 15.9. The van der Waals surface area contributed by atoms with E-state index in [-0.39, 0.29) is 0 Å². The molecule has 16 heavy (non-hydrogen) atoms. The fourth-order valence-electron chi connectivity index (χ4n) is 1.80. The van der Waals surface area contributed by atoms with Gasteiger partial charge in [0.05, 0.1) is 0 Å². The van der Waals surface area contributed by atoms with Gasteiger partial charge in [0.1, 0.15) is 0 Å². The van der Waals surface area contributed by atoms with Gasteiger partial charge in [0.15, 0.2) is 0 Å². The molecule has 2 heteroatoms. The molecule has 0 aromatic heterocycles. The summed E-state index contributed by atoms with van der Waals surface area (Å²) in [6, 6.07) is 0.701. The normalized spacial score (nSPS) is 13.3. The molecule has 0 amide bonds. The molecule has 0 saturated carbocycles. The molecule has 98 valence electrons. The van der Waals surface area contributed by atoms with E-state index in [1.807, 2.05) is 0 Å². The van der Waals surface area contributed by atoms with Crippen molar-refractivity contribution in [1.82, 2.24) is 5.32 Å². The van der Waals surface area contributed by atoms with Gasteiger partial charge in [-0.15, -0.1) is 0 Å². The Morgan fingerprint density at radius 2 is 1.81 bits per heavy atom. The van der Waals surface area contributed by atoms with E-state index < -0.39 is 0 Å². The van der Waals surface area contributed by atoms with Crippen molar-refractivity contribution in [2.24, 2.45) is 5.92 Å². The van der Waals surface area contributed by atoms with Crippen molar-refractivity contribution in [3.05, 3.63) is 0 Å². The highest BCUT2D eigenvalue weighted by Crippen LogP contribution is 2.05. The van der Waals surface area contributed by atoms with E-state index in [1.165, 1.54) is 32.1 Å². The lowest BCUT2D eigenvalue weighted by Gasteiger charge is -2.17. The molecular formula is C14H31NO. The van der Waals surface area contributed by atoms with E-state index in [0.717, 1.165) is 19.8 Å². The highest BCUT2D eigenvalue weighted by molar-refractivity contribution is 4.65. The van der Waals surface area contributed by atoms with Crippen molar-refractivity contribution in [2.45, 2.75) is 65.8 Å². The van der Waals surface area contributed by atoms with Crippen molar-refractivity contribution >= 4 is 0 Å². The van der Waals surface area contributed by atoms with Crippen molar-refractivity contribution in [1.29, 1.82) is 0 Å². The number of rotatable bonds is 11. The maximum atomic E-state index is 5.60. The third-order valence-electron chi connectivity index (χ3n) is 2.61. The average Bonchev–Trinajstić information content (AvgIpc) is 2.24. The molecule has 0 saturated heterocycles. The van der Waals surface area contributed by atoms with Crippen LogP contribution in [0.2, 0.25) is 0 Å². The van der Waals surface area contributed by atoms with Crippen LogP contribution in [0, 0.1) is 5.92 Å². The molecule has 0 aromatic rings. The molecule has 0 aliphatic carbocycles. The van der Waals surface area contributed by atoms with Crippen LogP contribution < -0.4 is 5.32 Å². The van der Waals surface area contributed by atoms with Crippen LogP contribution in [-0.2, 0) is 4.74 Å². The maximum Gasteiger partial charge on any atom is 0.0488 e. The zero-order chi connectivity index (χ0) is 12.2. The molecule has 0 spiro atoms. The van der Waals surface area contributed by atoms with Crippen LogP contribution in [0.5, 0.6) is 0 Å². The van der Waals surface area contributed by atoms with Gasteiger partial charge in [-0.3, -0.25) is 0 Å². The quantitative estimate of drug-likeness (QED) is 0.547. The summed E-state index contributed by atoms with van der Waals surface area (Å²) in [5.74, 6) is 0.657. The molecule has 0 aromatic carbocycles. The summed E-state index contributed by atoms with van der Waals surface area (Å²) in [5, 5.41) is 3.61. The number of hydrogen-bond donors (Lipinski definition) is 1. The average molecular weight is 229 g/mol. The number of hydrogen-bond acceptors (Lipinski definition) is 2. The first-order valence-corrected chi connectivity index (χ1v) is 7.01. The molecule has 2 nitrogen and oxygen atoms in total. The molecule has 1 atom stereocenters. The standard InChI is InChI=1S/C14H31NO/c1-5-8-14(15-10-6-2)9-7-11-16-12-13(3)4/h13-15H,5-12H2,1-4H3. The molecule has 0 aliphatic rings. The Labute approximate surface area is 102 Å². The van der Waals surface area contributed by atoms with E-state index in [2.05, 4.69) is 33.0 Å². The Bertz CT molecular complexity index is 137. The van der Waals surface area contributed by atoms with Gasteiger partial charge < -0.3 is 10.1 Å². The lowest BCUT2D eigenvalue weighted by atomic mass is 10.1. The summed E-state index contributed by atoms with van der Waals surface area (Å²) in [6.07, 6.45) is 6.24. The van der Waals surface area contributed by atoms with Crippen molar-refractivity contribution in [3.8, 4) is 0 Å². The van der Waals surface area contributed by atoms with Crippen molar-refractivity contribution in [2.75, 3.05) is 19.8 Å². The Morgan fingerprint density at radius 3 is 2.38 bits per heavy atom. The van der Waals surface area contributed by atoms with Crippen LogP contribution in [0.1, 0.15) is 59.8 Å². The third kappa shape index (κ3) is 10.4. The van der Waals surface area contributed by atoms with Crippen LogP contribution in [-0.4, -0.2) is 25.8 Å². The molecule has 0 fully saturated rings. The third-order valence-corrected chi connectivity index (χ3v) is 2.61. The van der Waals surface area contributed by atoms with Gasteiger partial charge in [-0.1, -0.05) is 34.1 Å². The first-order chi connectivity index (χ1) is 7.70. The molecule has 0 radical (unpaired) electrons. The maximum absolute atomic E-state index is 5.60. The monoisotopic (exact) mass is 229 g/mol. The summed E-state index contributed by atoms with van der Waals surface area (Å²) in [7, 11) is 0. The number of ether oxygens (including phenoxy) is 1. The molecule has 1 unspecified atom stereocenters. The summed E-state index contributed by atoms with van der Waals surface area (Å²) in [5.41, 5.74) is 0. The van der Waals surface area contributed by atoms with Gasteiger partial charge in [-0.25, -0.2) is 0 Å². The minimum atomic E-state index is 0.657. The van der Waals surface area contributed by atoms with E-state index in [1.54, 1.807) is 0 Å². The molecular weight excluding hydrogens is 198 g/mol. The first-order valence-electron chi connectivity index (χ1n) is 7.01. The zero-order valence-electron chi connectivity index (χ0n) is 11.7. The van der Waals surface area contributed by atoms with E-state index >= 15 is 0 Å². The number of nitrogens with one attached hydrogen (secondary N) is 1. The van der Waals surface area contributed by atoms with Gasteiger partial charge in [-0.2, -0.15) is 0 Å². The molecule has 0 aliphatic heterocycles. The lowest BCUT2D eigenvalue weighted by Crippen LogP contribution is -2.29. The second-order valence-corrected chi connectivity index (χ2v) is 5.05. The van der Waals surface area contributed by atoms with Gasteiger partial charge in [0.2, 0.25) is 0 Å². The molecule has 1 N–H and O–H groups in total. The lowest BCUT2D eigenvalue weighted by molar-refractivity contribution is 0.104. The predicted octanol–water partition coefficient (Wildman–Crippen LogP) is 3.61. The minimum Gasteiger partial charge on any atom is -0.381 e. The van der Waals surface area contributed by atoms with Crippen LogP contribution in [0.4, 0.5) is 0 Å². The fraction of sp³-hybridized carbons (Fsp3) is 1.00. The minimum absolute atomic E-state index is 0.657. The SMILES string of the molecule is CCCNC(CCC)CCCOCC(C)C. The highest BCUT2D eigenvalue weighted by Gasteiger charge is 2.05. The van der Waals surface area contributed by atoms with E-state index in [9.17, 15) is 0 Å². The Hall–Kier alpha value is -0.0800. The second kappa shape index (κ2) is 11.4. The molecule has 0 heterocycles. The Morgan fingerprint density at radius 1 is 1.06 bits per heavy atom. The van der Waals surface area contributed by atoms with E-state index in [4.69, 9.17) is 4.74 Å². The summed E-state index contributed by atoms with van der Waals surface area (Å²) in [6.45, 7) is 11.9. The van der Waals surface area contributed by atoms with Crippen molar-refractivity contribution in [3.63, 3.8) is 0 Å². The topological polar surface area (TPSA) is 21.3 Å². The zero-order valence-corrected chi connectivity index (χ0v) is 11.7. The summed E-state index contributed by atoms with van der Waals surface area (Å²) >= 11 is 0. The Balaban J connectivity index is 3.43. The predicted molar refractivity (Wildman–Crippen MR) is 71.9 cm³/mol. The molecule has 0 bridgehead atoms. The van der Waals surface area contributed by atoms with Crippen LogP contribution in [0.25, 0.3) is 0 Å². The van der Waals surface area contributed by atoms with Gasteiger partial charge in [-0.05, 0) is 38.1 Å². The van der Waals surface area contributed by atoms with Crippen molar-refractivity contribution < 1.29 is 4.74 Å². The largest absolute Gasteiger partial charge is 0.381 e. The Kier molecular flexibility index (Phi) is 11.3. The smallest absolute Gasteiger partial charge is 0.0488 e. The van der Waals surface area contributed by atoms with Crippen LogP contribution in [0.15, 0.2) is 0 Å². The van der Waals surface area contributed by atoms with E-state index in [0.29, 0.717) is 12.0 Å². The van der Waals surface area contributed by atoms with Gasteiger partial charge in [0.25, 0.3) is 0 Å². The molecule has 0 rings (SSSR count).